The standard InChI is InChI=1S/C16H22N2O3/c1-2-3-9-13(15(19)20)17-16(21)18-14-10-12(14)11-7-5-4-6-8-11/h4-8,12-14H,2-3,9-10H2,1H3,(H,19,20)(H2,17,18,21)/t12?,13-,14?/m0/s1. The molecule has 0 aromatic heterocycles. The number of rotatable bonds is 7. The number of carbonyl (C=O) groups is 2. The summed E-state index contributed by atoms with van der Waals surface area (Å²) in [6.45, 7) is 1.99. The lowest BCUT2D eigenvalue weighted by atomic mass is 10.1. The number of carboxylic acids is 1. The van der Waals surface area contributed by atoms with Gasteiger partial charge < -0.3 is 15.7 Å². The first-order valence-corrected chi connectivity index (χ1v) is 7.46. The zero-order valence-electron chi connectivity index (χ0n) is 12.2. The highest BCUT2D eigenvalue weighted by molar-refractivity contribution is 5.82. The average molecular weight is 290 g/mol. The lowest BCUT2D eigenvalue weighted by Gasteiger charge is -2.14. The van der Waals surface area contributed by atoms with E-state index in [1.54, 1.807) is 0 Å². The van der Waals surface area contributed by atoms with Crippen LogP contribution in [0.3, 0.4) is 0 Å². The summed E-state index contributed by atoms with van der Waals surface area (Å²) in [4.78, 5) is 22.9. The Bertz CT molecular complexity index is 490. The summed E-state index contributed by atoms with van der Waals surface area (Å²) in [7, 11) is 0. The van der Waals surface area contributed by atoms with Gasteiger partial charge in [0.1, 0.15) is 6.04 Å². The highest BCUT2D eigenvalue weighted by Gasteiger charge is 2.39. The highest BCUT2D eigenvalue weighted by Crippen LogP contribution is 2.40. The van der Waals surface area contributed by atoms with Gasteiger partial charge in [0.2, 0.25) is 0 Å². The lowest BCUT2D eigenvalue weighted by Crippen LogP contribution is -2.46. The number of urea groups is 1. The van der Waals surface area contributed by atoms with Crippen molar-refractivity contribution in [2.45, 2.75) is 50.6 Å². The van der Waals surface area contributed by atoms with Gasteiger partial charge in [-0.15, -0.1) is 0 Å². The van der Waals surface area contributed by atoms with Gasteiger partial charge in [-0.3, -0.25) is 0 Å². The van der Waals surface area contributed by atoms with E-state index in [1.165, 1.54) is 5.56 Å². The molecular weight excluding hydrogens is 268 g/mol. The van der Waals surface area contributed by atoms with Crippen molar-refractivity contribution in [1.82, 2.24) is 10.6 Å². The minimum Gasteiger partial charge on any atom is -0.480 e. The van der Waals surface area contributed by atoms with Crippen LogP contribution in [0.1, 0.15) is 44.1 Å². The number of hydrogen-bond acceptors (Lipinski definition) is 2. The monoisotopic (exact) mass is 290 g/mol. The van der Waals surface area contributed by atoms with Crippen LogP contribution in [0, 0.1) is 0 Å². The van der Waals surface area contributed by atoms with Gasteiger partial charge >= 0.3 is 12.0 Å². The van der Waals surface area contributed by atoms with Crippen LogP contribution in [-0.4, -0.2) is 29.2 Å². The Hall–Kier alpha value is -2.04. The second-order valence-corrected chi connectivity index (χ2v) is 5.51. The van der Waals surface area contributed by atoms with Gasteiger partial charge in [-0.2, -0.15) is 0 Å². The van der Waals surface area contributed by atoms with Crippen molar-refractivity contribution in [3.63, 3.8) is 0 Å². The molecule has 3 N–H and O–H groups in total. The maximum absolute atomic E-state index is 11.9. The van der Waals surface area contributed by atoms with Gasteiger partial charge in [-0.25, -0.2) is 9.59 Å². The molecule has 1 aromatic rings. The first-order valence-electron chi connectivity index (χ1n) is 7.46. The van der Waals surface area contributed by atoms with Crippen LogP contribution in [0.25, 0.3) is 0 Å². The molecule has 1 fully saturated rings. The molecule has 5 nitrogen and oxygen atoms in total. The van der Waals surface area contributed by atoms with E-state index in [0.29, 0.717) is 12.3 Å². The van der Waals surface area contributed by atoms with E-state index in [2.05, 4.69) is 10.6 Å². The summed E-state index contributed by atoms with van der Waals surface area (Å²) in [6, 6.07) is 8.93. The van der Waals surface area contributed by atoms with Gasteiger partial charge in [0.05, 0.1) is 0 Å². The summed E-state index contributed by atoms with van der Waals surface area (Å²) >= 11 is 0. The number of carboxylic acid groups (broad SMARTS) is 1. The number of benzene rings is 1. The molecule has 2 amide bonds. The van der Waals surface area contributed by atoms with Crippen molar-refractivity contribution < 1.29 is 14.7 Å². The molecule has 2 unspecified atom stereocenters. The third-order valence-corrected chi connectivity index (χ3v) is 3.78. The molecule has 114 valence electrons. The van der Waals surface area contributed by atoms with Crippen LogP contribution in [0.15, 0.2) is 30.3 Å². The fourth-order valence-electron chi connectivity index (χ4n) is 2.46. The van der Waals surface area contributed by atoms with Crippen LogP contribution < -0.4 is 10.6 Å². The van der Waals surface area contributed by atoms with Crippen LogP contribution in [0.4, 0.5) is 4.79 Å². The quantitative estimate of drug-likeness (QED) is 0.722. The van der Waals surface area contributed by atoms with E-state index in [-0.39, 0.29) is 12.1 Å². The van der Waals surface area contributed by atoms with Crippen LogP contribution in [-0.2, 0) is 4.79 Å². The summed E-state index contributed by atoms with van der Waals surface area (Å²) in [5, 5.41) is 14.5. The van der Waals surface area contributed by atoms with E-state index >= 15 is 0 Å². The normalized spacial score (nSPS) is 21.4. The largest absolute Gasteiger partial charge is 0.480 e. The number of aliphatic carboxylic acids is 1. The van der Waals surface area contributed by atoms with Crippen molar-refractivity contribution in [1.29, 1.82) is 0 Å². The summed E-state index contributed by atoms with van der Waals surface area (Å²) in [5.74, 6) is -0.634. The van der Waals surface area contributed by atoms with E-state index in [1.807, 2.05) is 37.3 Å². The summed E-state index contributed by atoms with van der Waals surface area (Å²) in [6.07, 6.45) is 3.06. The minimum atomic E-state index is -0.978. The maximum Gasteiger partial charge on any atom is 0.326 e. The van der Waals surface area contributed by atoms with Crippen LogP contribution >= 0.6 is 0 Å². The molecule has 0 aliphatic heterocycles. The molecule has 1 aliphatic carbocycles. The van der Waals surface area contributed by atoms with Crippen LogP contribution in [0.2, 0.25) is 0 Å². The molecule has 0 heterocycles. The Morgan fingerprint density at radius 1 is 1.33 bits per heavy atom. The van der Waals surface area contributed by atoms with E-state index in [4.69, 9.17) is 5.11 Å². The Labute approximate surface area is 124 Å². The predicted molar refractivity (Wildman–Crippen MR) is 80.2 cm³/mol. The molecular formula is C16H22N2O3. The molecule has 2 rings (SSSR count). The van der Waals surface area contributed by atoms with Crippen molar-refractivity contribution in [3.8, 4) is 0 Å². The molecule has 21 heavy (non-hydrogen) atoms. The molecule has 0 spiro atoms. The molecule has 0 radical (unpaired) electrons. The van der Waals surface area contributed by atoms with Crippen molar-refractivity contribution in [3.05, 3.63) is 35.9 Å². The minimum absolute atomic E-state index is 0.105. The van der Waals surface area contributed by atoms with Gasteiger partial charge in [0.25, 0.3) is 0 Å². The van der Waals surface area contributed by atoms with Crippen LogP contribution in [0.5, 0.6) is 0 Å². The number of nitrogens with one attached hydrogen (secondary N) is 2. The fourth-order valence-corrected chi connectivity index (χ4v) is 2.46. The number of carbonyl (C=O) groups excluding carboxylic acids is 1. The SMILES string of the molecule is CCCC[C@H](NC(=O)NC1CC1c1ccccc1)C(=O)O. The second kappa shape index (κ2) is 7.11. The van der Waals surface area contributed by atoms with E-state index in [0.717, 1.165) is 19.3 Å². The third kappa shape index (κ3) is 4.48. The third-order valence-electron chi connectivity index (χ3n) is 3.78. The topological polar surface area (TPSA) is 78.4 Å². The Morgan fingerprint density at radius 2 is 2.05 bits per heavy atom. The second-order valence-electron chi connectivity index (χ2n) is 5.51. The van der Waals surface area contributed by atoms with Crippen molar-refractivity contribution in [2.75, 3.05) is 0 Å². The molecule has 0 bridgehead atoms. The zero-order chi connectivity index (χ0) is 15.2. The van der Waals surface area contributed by atoms with Crippen molar-refractivity contribution in [2.24, 2.45) is 0 Å². The number of amides is 2. The number of unbranched alkanes of at least 4 members (excludes halogenated alkanes) is 1. The Balaban J connectivity index is 1.79. The first-order chi connectivity index (χ1) is 10.1. The molecule has 1 aromatic carbocycles. The predicted octanol–water partition coefficient (Wildman–Crippen LogP) is 2.49. The Kier molecular flexibility index (Phi) is 5.20. The first kappa shape index (κ1) is 15.4. The maximum atomic E-state index is 11.9. The average Bonchev–Trinajstić information content (AvgIpc) is 3.23. The van der Waals surface area contributed by atoms with Gasteiger partial charge in [0.15, 0.2) is 0 Å². The summed E-state index contributed by atoms with van der Waals surface area (Å²) < 4.78 is 0. The fraction of sp³-hybridized carbons (Fsp3) is 0.500. The molecule has 5 heteroatoms. The van der Waals surface area contributed by atoms with E-state index < -0.39 is 12.0 Å². The van der Waals surface area contributed by atoms with Gasteiger partial charge in [-0.05, 0) is 18.4 Å². The van der Waals surface area contributed by atoms with E-state index in [9.17, 15) is 9.59 Å². The number of hydrogen-bond donors (Lipinski definition) is 3. The highest BCUT2D eigenvalue weighted by atomic mass is 16.4. The molecule has 1 aliphatic rings. The zero-order valence-corrected chi connectivity index (χ0v) is 12.2. The Morgan fingerprint density at radius 3 is 2.67 bits per heavy atom. The lowest BCUT2D eigenvalue weighted by molar-refractivity contribution is -0.139. The molecule has 0 saturated heterocycles. The molecule has 3 atom stereocenters. The van der Waals surface area contributed by atoms with Gasteiger partial charge in [-0.1, -0.05) is 50.1 Å². The van der Waals surface area contributed by atoms with Crippen molar-refractivity contribution >= 4 is 12.0 Å². The van der Waals surface area contributed by atoms with Gasteiger partial charge in [0, 0.05) is 12.0 Å². The summed E-state index contributed by atoms with van der Waals surface area (Å²) in [5.41, 5.74) is 1.21. The molecule has 1 saturated carbocycles. The smallest absolute Gasteiger partial charge is 0.326 e.